The summed E-state index contributed by atoms with van der Waals surface area (Å²) in [4.78, 5) is 22.0. The maximum atomic E-state index is 11.3. The summed E-state index contributed by atoms with van der Waals surface area (Å²) in [6, 6.07) is -0.748. The first-order valence-corrected chi connectivity index (χ1v) is 5.24. The predicted molar refractivity (Wildman–Crippen MR) is 58.5 cm³/mol. The Kier molecular flexibility index (Phi) is 7.32. The number of unbranched alkanes of at least 4 members (excludes halogenated alkanes) is 1. The van der Waals surface area contributed by atoms with Gasteiger partial charge in [-0.3, -0.25) is 4.79 Å². The summed E-state index contributed by atoms with van der Waals surface area (Å²) in [5, 5.41) is 11.3. The smallest absolute Gasteiger partial charge is 0.326 e. The van der Waals surface area contributed by atoms with E-state index in [2.05, 4.69) is 11.9 Å². The molecule has 0 radical (unpaired) electrons. The molecule has 0 bridgehead atoms. The van der Waals surface area contributed by atoms with Crippen molar-refractivity contribution in [1.82, 2.24) is 5.32 Å². The van der Waals surface area contributed by atoms with Crippen LogP contribution in [-0.4, -0.2) is 23.0 Å². The Labute approximate surface area is 90.4 Å². The molecule has 0 rings (SSSR count). The Bertz CT molecular complexity index is 226. The molecule has 15 heavy (non-hydrogen) atoms. The van der Waals surface area contributed by atoms with E-state index in [9.17, 15) is 9.59 Å². The van der Waals surface area contributed by atoms with Crippen LogP contribution in [0.4, 0.5) is 0 Å². The van der Waals surface area contributed by atoms with Gasteiger partial charge >= 0.3 is 5.97 Å². The number of aliphatic carboxylic acids is 1. The zero-order valence-electron chi connectivity index (χ0n) is 9.16. The monoisotopic (exact) mass is 213 g/mol. The molecule has 2 N–H and O–H groups in total. The average Bonchev–Trinajstić information content (AvgIpc) is 2.20. The highest BCUT2D eigenvalue weighted by Gasteiger charge is 2.18. The summed E-state index contributed by atoms with van der Waals surface area (Å²) in [7, 11) is 0. The molecule has 0 fully saturated rings. The molecule has 0 aromatic carbocycles. The van der Waals surface area contributed by atoms with Crippen LogP contribution in [0.25, 0.3) is 0 Å². The molecule has 4 nitrogen and oxygen atoms in total. The summed E-state index contributed by atoms with van der Waals surface area (Å²) < 4.78 is 0. The van der Waals surface area contributed by atoms with Gasteiger partial charge in [0.25, 0.3) is 0 Å². The van der Waals surface area contributed by atoms with Gasteiger partial charge in [-0.05, 0) is 12.8 Å². The van der Waals surface area contributed by atoms with Gasteiger partial charge in [0.1, 0.15) is 6.04 Å². The molecule has 0 saturated carbocycles. The van der Waals surface area contributed by atoms with Crippen molar-refractivity contribution in [3.63, 3.8) is 0 Å². The summed E-state index contributed by atoms with van der Waals surface area (Å²) in [6.07, 6.45) is 4.74. The number of carbonyl (C=O) groups excluding carboxylic acids is 1. The van der Waals surface area contributed by atoms with Gasteiger partial charge in [-0.25, -0.2) is 4.79 Å². The molecule has 0 heterocycles. The molecule has 0 saturated heterocycles. The van der Waals surface area contributed by atoms with Crippen LogP contribution in [0, 0.1) is 0 Å². The Morgan fingerprint density at radius 3 is 2.67 bits per heavy atom. The second-order valence-corrected chi connectivity index (χ2v) is 3.43. The molecular formula is C11H19NO3. The van der Waals surface area contributed by atoms with Crippen LogP contribution in [0.5, 0.6) is 0 Å². The molecule has 0 aromatic heterocycles. The fourth-order valence-corrected chi connectivity index (χ4v) is 1.17. The van der Waals surface area contributed by atoms with Crippen LogP contribution >= 0.6 is 0 Å². The van der Waals surface area contributed by atoms with Gasteiger partial charge < -0.3 is 10.4 Å². The van der Waals surface area contributed by atoms with Crippen molar-refractivity contribution in [3.8, 4) is 0 Å². The van der Waals surface area contributed by atoms with E-state index >= 15 is 0 Å². The van der Waals surface area contributed by atoms with Crippen LogP contribution in [0.2, 0.25) is 0 Å². The highest BCUT2D eigenvalue weighted by molar-refractivity contribution is 5.83. The number of carboxylic acids is 1. The van der Waals surface area contributed by atoms with E-state index in [-0.39, 0.29) is 5.91 Å². The zero-order chi connectivity index (χ0) is 11.7. The molecule has 0 aromatic rings. The maximum Gasteiger partial charge on any atom is 0.326 e. The lowest BCUT2D eigenvalue weighted by Gasteiger charge is -2.13. The Balaban J connectivity index is 3.98. The lowest BCUT2D eigenvalue weighted by Crippen LogP contribution is -2.40. The third-order valence-corrected chi connectivity index (χ3v) is 2.06. The van der Waals surface area contributed by atoms with E-state index in [1.54, 1.807) is 6.08 Å². The fraction of sp³-hybridized carbons (Fsp3) is 0.636. The minimum Gasteiger partial charge on any atom is -0.480 e. The van der Waals surface area contributed by atoms with Crippen molar-refractivity contribution < 1.29 is 14.7 Å². The van der Waals surface area contributed by atoms with Crippen molar-refractivity contribution in [1.29, 1.82) is 0 Å². The van der Waals surface area contributed by atoms with Gasteiger partial charge in [0.05, 0.1) is 0 Å². The molecule has 0 aliphatic rings. The van der Waals surface area contributed by atoms with E-state index < -0.39 is 12.0 Å². The van der Waals surface area contributed by atoms with Gasteiger partial charge in [-0.15, -0.1) is 6.58 Å². The van der Waals surface area contributed by atoms with E-state index in [0.29, 0.717) is 19.3 Å². The van der Waals surface area contributed by atoms with Crippen LogP contribution in [0.15, 0.2) is 12.7 Å². The van der Waals surface area contributed by atoms with E-state index in [4.69, 9.17) is 5.11 Å². The molecule has 86 valence electrons. The van der Waals surface area contributed by atoms with Crippen molar-refractivity contribution in [2.75, 3.05) is 0 Å². The molecule has 4 heteroatoms. The van der Waals surface area contributed by atoms with Crippen LogP contribution in [-0.2, 0) is 9.59 Å². The standard InChI is InChI=1S/C11H19NO3/c1-3-5-7-9(11(14)15)12-10(13)8-6-4-2/h4,9H,2-3,5-8H2,1H3,(H,12,13)(H,14,15). The van der Waals surface area contributed by atoms with Crippen LogP contribution in [0.1, 0.15) is 39.0 Å². The summed E-state index contributed by atoms with van der Waals surface area (Å²) >= 11 is 0. The first-order chi connectivity index (χ1) is 7.11. The Morgan fingerprint density at radius 1 is 1.53 bits per heavy atom. The number of hydrogen-bond acceptors (Lipinski definition) is 2. The highest BCUT2D eigenvalue weighted by atomic mass is 16.4. The van der Waals surface area contributed by atoms with Crippen molar-refractivity contribution in [2.45, 2.75) is 45.1 Å². The largest absolute Gasteiger partial charge is 0.480 e. The number of carboxylic acid groups (broad SMARTS) is 1. The van der Waals surface area contributed by atoms with E-state index in [1.807, 2.05) is 6.92 Å². The molecule has 0 spiro atoms. The van der Waals surface area contributed by atoms with E-state index in [0.717, 1.165) is 12.8 Å². The van der Waals surface area contributed by atoms with Crippen LogP contribution < -0.4 is 5.32 Å². The third kappa shape index (κ3) is 6.71. The number of amides is 1. The number of allylic oxidation sites excluding steroid dienone is 1. The number of hydrogen-bond donors (Lipinski definition) is 2. The molecule has 1 atom stereocenters. The fourth-order valence-electron chi connectivity index (χ4n) is 1.17. The summed E-state index contributed by atoms with van der Waals surface area (Å²) in [6.45, 7) is 5.48. The zero-order valence-corrected chi connectivity index (χ0v) is 9.16. The summed E-state index contributed by atoms with van der Waals surface area (Å²) in [5.74, 6) is -1.19. The minimum absolute atomic E-state index is 0.224. The minimum atomic E-state index is -0.963. The second kappa shape index (κ2) is 8.03. The lowest BCUT2D eigenvalue weighted by atomic mass is 10.1. The number of nitrogens with one attached hydrogen (secondary N) is 1. The molecule has 1 amide bonds. The lowest BCUT2D eigenvalue weighted by molar-refractivity contribution is -0.142. The van der Waals surface area contributed by atoms with Crippen molar-refractivity contribution >= 4 is 11.9 Å². The average molecular weight is 213 g/mol. The third-order valence-electron chi connectivity index (χ3n) is 2.06. The topological polar surface area (TPSA) is 66.4 Å². The Hall–Kier alpha value is -1.32. The van der Waals surface area contributed by atoms with Crippen molar-refractivity contribution in [2.24, 2.45) is 0 Å². The maximum absolute atomic E-state index is 11.3. The SMILES string of the molecule is C=CCCC(=O)NC(CCCC)C(=O)O. The highest BCUT2D eigenvalue weighted by Crippen LogP contribution is 2.02. The first kappa shape index (κ1) is 13.7. The quantitative estimate of drug-likeness (QED) is 0.603. The second-order valence-electron chi connectivity index (χ2n) is 3.43. The number of rotatable bonds is 8. The summed E-state index contributed by atoms with van der Waals surface area (Å²) in [5.41, 5.74) is 0. The molecule has 1 unspecified atom stereocenters. The molecule has 0 aliphatic carbocycles. The van der Waals surface area contributed by atoms with Crippen molar-refractivity contribution in [3.05, 3.63) is 12.7 Å². The van der Waals surface area contributed by atoms with E-state index in [1.165, 1.54) is 0 Å². The first-order valence-electron chi connectivity index (χ1n) is 5.24. The predicted octanol–water partition coefficient (Wildman–Crippen LogP) is 1.71. The van der Waals surface area contributed by atoms with Crippen LogP contribution in [0.3, 0.4) is 0 Å². The van der Waals surface area contributed by atoms with Gasteiger partial charge in [-0.1, -0.05) is 25.8 Å². The van der Waals surface area contributed by atoms with Gasteiger partial charge in [0.15, 0.2) is 0 Å². The normalized spacial score (nSPS) is 11.8. The van der Waals surface area contributed by atoms with Gasteiger partial charge in [0, 0.05) is 6.42 Å². The molecule has 0 aliphatic heterocycles. The van der Waals surface area contributed by atoms with Gasteiger partial charge in [0.2, 0.25) is 5.91 Å². The number of carbonyl (C=O) groups is 2. The van der Waals surface area contributed by atoms with Gasteiger partial charge in [-0.2, -0.15) is 0 Å². The molecular weight excluding hydrogens is 194 g/mol. The Morgan fingerprint density at radius 2 is 2.20 bits per heavy atom.